The molecule has 2 heterocycles. The minimum Gasteiger partial charge on any atom is -0.368 e. The predicted molar refractivity (Wildman–Crippen MR) is 81.9 cm³/mol. The molecule has 2 aliphatic heterocycles. The van der Waals surface area contributed by atoms with E-state index in [1.54, 1.807) is 0 Å². The van der Waals surface area contributed by atoms with Crippen molar-refractivity contribution in [3.05, 3.63) is 29.8 Å². The number of aryl methyl sites for hydroxylation is 1. The Labute approximate surface area is 117 Å². The average Bonchev–Trinajstić information content (AvgIpc) is 2.48. The zero-order chi connectivity index (χ0) is 13.1. The van der Waals surface area contributed by atoms with E-state index >= 15 is 0 Å². The smallest absolute Gasteiger partial charge is 0.0399 e. The van der Waals surface area contributed by atoms with Crippen LogP contribution in [-0.2, 0) is 6.42 Å². The molecule has 19 heavy (non-hydrogen) atoms. The minimum atomic E-state index is 0.803. The molecule has 0 radical (unpaired) electrons. The standard InChI is InChI=1S/C17H26N2/c1-2-7-15-8-3-4-10-17(15)19-13-12-18-11-6-5-9-16(18)14-19/h3-4,8,10,16H,2,5-7,9,11-14H2,1H3. The molecule has 2 heteroatoms. The normalized spacial score (nSPS) is 24.3. The molecule has 2 aliphatic rings. The molecular formula is C17H26N2. The summed E-state index contributed by atoms with van der Waals surface area (Å²) in [6.45, 7) is 7.30. The first kappa shape index (κ1) is 13.0. The zero-order valence-corrected chi connectivity index (χ0v) is 12.1. The summed E-state index contributed by atoms with van der Waals surface area (Å²) in [5.41, 5.74) is 3.03. The van der Waals surface area contributed by atoms with Gasteiger partial charge in [-0.3, -0.25) is 4.90 Å². The van der Waals surface area contributed by atoms with Gasteiger partial charge in [0.15, 0.2) is 0 Å². The van der Waals surface area contributed by atoms with Crippen LogP contribution in [0.3, 0.4) is 0 Å². The van der Waals surface area contributed by atoms with Crippen molar-refractivity contribution in [1.29, 1.82) is 0 Å². The number of anilines is 1. The highest BCUT2D eigenvalue weighted by Gasteiger charge is 2.29. The molecule has 2 nitrogen and oxygen atoms in total. The van der Waals surface area contributed by atoms with Crippen LogP contribution in [0.5, 0.6) is 0 Å². The van der Waals surface area contributed by atoms with Crippen LogP contribution in [0.4, 0.5) is 5.69 Å². The van der Waals surface area contributed by atoms with Crippen LogP contribution >= 0.6 is 0 Å². The summed E-state index contributed by atoms with van der Waals surface area (Å²) < 4.78 is 0. The molecule has 1 atom stereocenters. The third-order valence-electron chi connectivity index (χ3n) is 4.69. The Bertz CT molecular complexity index is 415. The largest absolute Gasteiger partial charge is 0.368 e. The maximum absolute atomic E-state index is 2.71. The molecule has 0 spiro atoms. The van der Waals surface area contributed by atoms with Crippen LogP contribution in [0.1, 0.15) is 38.2 Å². The molecular weight excluding hydrogens is 232 g/mol. The Morgan fingerprint density at radius 1 is 1.11 bits per heavy atom. The van der Waals surface area contributed by atoms with E-state index in [0.717, 1.165) is 6.04 Å². The molecule has 0 saturated carbocycles. The molecule has 1 unspecified atom stereocenters. The third-order valence-corrected chi connectivity index (χ3v) is 4.69. The van der Waals surface area contributed by atoms with Gasteiger partial charge in [0.05, 0.1) is 0 Å². The zero-order valence-electron chi connectivity index (χ0n) is 12.1. The molecule has 1 aromatic rings. The molecule has 1 aromatic carbocycles. The van der Waals surface area contributed by atoms with E-state index in [1.165, 1.54) is 69.5 Å². The quantitative estimate of drug-likeness (QED) is 0.820. The van der Waals surface area contributed by atoms with Gasteiger partial charge in [0, 0.05) is 31.4 Å². The topological polar surface area (TPSA) is 6.48 Å². The molecule has 0 aromatic heterocycles. The van der Waals surface area contributed by atoms with E-state index < -0.39 is 0 Å². The summed E-state index contributed by atoms with van der Waals surface area (Å²) in [5, 5.41) is 0. The highest BCUT2D eigenvalue weighted by Crippen LogP contribution is 2.27. The van der Waals surface area contributed by atoms with Gasteiger partial charge >= 0.3 is 0 Å². The fourth-order valence-corrected chi connectivity index (χ4v) is 3.67. The first-order valence-electron chi connectivity index (χ1n) is 7.95. The number of nitrogens with zero attached hydrogens (tertiary/aromatic N) is 2. The van der Waals surface area contributed by atoms with E-state index in [-0.39, 0.29) is 0 Å². The number of piperidine rings is 1. The third kappa shape index (κ3) is 2.79. The molecule has 0 aliphatic carbocycles. The second kappa shape index (κ2) is 5.96. The Morgan fingerprint density at radius 2 is 2.00 bits per heavy atom. The van der Waals surface area contributed by atoms with Crippen molar-refractivity contribution in [2.45, 2.75) is 45.1 Å². The number of para-hydroxylation sites is 1. The van der Waals surface area contributed by atoms with Crippen molar-refractivity contribution >= 4 is 5.69 Å². The van der Waals surface area contributed by atoms with Crippen molar-refractivity contribution in [2.24, 2.45) is 0 Å². The van der Waals surface area contributed by atoms with Crippen molar-refractivity contribution < 1.29 is 0 Å². The first-order valence-corrected chi connectivity index (χ1v) is 7.95. The number of piperazine rings is 1. The molecule has 3 rings (SSSR count). The van der Waals surface area contributed by atoms with Crippen molar-refractivity contribution in [3.63, 3.8) is 0 Å². The van der Waals surface area contributed by atoms with E-state index in [4.69, 9.17) is 0 Å². The molecule has 0 N–H and O–H groups in total. The van der Waals surface area contributed by atoms with Crippen molar-refractivity contribution in [1.82, 2.24) is 4.90 Å². The Kier molecular flexibility index (Phi) is 4.07. The van der Waals surface area contributed by atoms with Gasteiger partial charge in [-0.15, -0.1) is 0 Å². The van der Waals surface area contributed by atoms with Gasteiger partial charge in [-0.25, -0.2) is 0 Å². The maximum atomic E-state index is 2.71. The average molecular weight is 258 g/mol. The summed E-state index contributed by atoms with van der Waals surface area (Å²) in [6, 6.07) is 9.82. The maximum Gasteiger partial charge on any atom is 0.0399 e. The lowest BCUT2D eigenvalue weighted by atomic mass is 9.98. The number of fused-ring (bicyclic) bond motifs is 1. The minimum absolute atomic E-state index is 0.803. The molecule has 2 fully saturated rings. The number of hydrogen-bond donors (Lipinski definition) is 0. The molecule has 0 amide bonds. The van der Waals surface area contributed by atoms with Crippen LogP contribution in [0.15, 0.2) is 24.3 Å². The van der Waals surface area contributed by atoms with Crippen molar-refractivity contribution in [3.8, 4) is 0 Å². The van der Waals surface area contributed by atoms with Crippen LogP contribution in [0.25, 0.3) is 0 Å². The van der Waals surface area contributed by atoms with Crippen LogP contribution in [-0.4, -0.2) is 37.1 Å². The number of benzene rings is 1. The second-order valence-corrected chi connectivity index (χ2v) is 6.01. The highest BCUT2D eigenvalue weighted by atomic mass is 15.3. The van der Waals surface area contributed by atoms with Gasteiger partial charge in [-0.05, 0) is 37.4 Å². The lowest BCUT2D eigenvalue weighted by Crippen LogP contribution is -2.55. The molecule has 2 saturated heterocycles. The Balaban J connectivity index is 1.75. The van der Waals surface area contributed by atoms with Gasteiger partial charge in [0.25, 0.3) is 0 Å². The van der Waals surface area contributed by atoms with Crippen molar-refractivity contribution in [2.75, 3.05) is 31.1 Å². The monoisotopic (exact) mass is 258 g/mol. The van der Waals surface area contributed by atoms with E-state index in [0.29, 0.717) is 0 Å². The summed E-state index contributed by atoms with van der Waals surface area (Å²) in [4.78, 5) is 5.35. The van der Waals surface area contributed by atoms with Gasteiger partial charge in [0.2, 0.25) is 0 Å². The fourth-order valence-electron chi connectivity index (χ4n) is 3.67. The van der Waals surface area contributed by atoms with Gasteiger partial charge in [0.1, 0.15) is 0 Å². The lowest BCUT2D eigenvalue weighted by Gasteiger charge is -2.45. The summed E-state index contributed by atoms with van der Waals surface area (Å²) in [7, 11) is 0. The number of hydrogen-bond acceptors (Lipinski definition) is 2. The Hall–Kier alpha value is -1.02. The Morgan fingerprint density at radius 3 is 2.89 bits per heavy atom. The fraction of sp³-hybridized carbons (Fsp3) is 0.647. The SMILES string of the molecule is CCCc1ccccc1N1CCN2CCCCC2C1. The predicted octanol–water partition coefficient (Wildman–Crippen LogP) is 3.31. The van der Waals surface area contributed by atoms with Gasteiger partial charge in [-0.2, -0.15) is 0 Å². The highest BCUT2D eigenvalue weighted by molar-refractivity contribution is 5.54. The first-order chi connectivity index (χ1) is 9.38. The molecule has 0 bridgehead atoms. The summed E-state index contributed by atoms with van der Waals surface area (Å²) in [5.74, 6) is 0. The van der Waals surface area contributed by atoms with E-state index in [9.17, 15) is 0 Å². The number of rotatable bonds is 3. The molecule has 104 valence electrons. The van der Waals surface area contributed by atoms with Gasteiger partial charge < -0.3 is 4.90 Å². The summed E-state index contributed by atoms with van der Waals surface area (Å²) in [6.07, 6.45) is 6.67. The van der Waals surface area contributed by atoms with Gasteiger partial charge in [-0.1, -0.05) is 38.0 Å². The van der Waals surface area contributed by atoms with Crippen LogP contribution < -0.4 is 4.90 Å². The summed E-state index contributed by atoms with van der Waals surface area (Å²) >= 11 is 0. The second-order valence-electron chi connectivity index (χ2n) is 6.01. The lowest BCUT2D eigenvalue weighted by molar-refractivity contribution is 0.133. The van der Waals surface area contributed by atoms with E-state index in [2.05, 4.69) is 41.0 Å². The van der Waals surface area contributed by atoms with Crippen LogP contribution in [0.2, 0.25) is 0 Å². The van der Waals surface area contributed by atoms with Crippen LogP contribution in [0, 0.1) is 0 Å². The van der Waals surface area contributed by atoms with E-state index in [1.807, 2.05) is 0 Å².